The molecule has 0 heterocycles. The Bertz CT molecular complexity index is 898. The van der Waals surface area contributed by atoms with E-state index in [9.17, 15) is 14.0 Å². The molecule has 0 saturated carbocycles. The van der Waals surface area contributed by atoms with Gasteiger partial charge in [0.25, 0.3) is 5.91 Å². The van der Waals surface area contributed by atoms with Crippen molar-refractivity contribution >= 4 is 58.4 Å². The Morgan fingerprint density at radius 2 is 1.79 bits per heavy atom. The molecule has 2 unspecified atom stereocenters. The van der Waals surface area contributed by atoms with Crippen LogP contribution in [0.2, 0.25) is 15.1 Å². The van der Waals surface area contributed by atoms with Gasteiger partial charge in [-0.1, -0.05) is 40.9 Å². The highest BCUT2D eigenvalue weighted by Gasteiger charge is 2.24. The smallest absolute Gasteiger partial charge is 0.253 e. The van der Waals surface area contributed by atoms with Gasteiger partial charge in [0, 0.05) is 5.02 Å². The van der Waals surface area contributed by atoms with E-state index in [4.69, 9.17) is 34.8 Å². The third-order valence-electron chi connectivity index (χ3n) is 4.21. The van der Waals surface area contributed by atoms with Crippen LogP contribution in [0.4, 0.5) is 4.39 Å². The van der Waals surface area contributed by atoms with E-state index in [0.29, 0.717) is 22.8 Å². The second-order valence-corrected chi connectivity index (χ2v) is 8.57. The largest absolute Gasteiger partial charge is 0.348 e. The first-order valence-electron chi connectivity index (χ1n) is 8.73. The average molecular weight is 478 g/mol. The van der Waals surface area contributed by atoms with Crippen LogP contribution in [0.25, 0.3) is 0 Å². The molecular weight excluding hydrogens is 458 g/mol. The average Bonchev–Trinajstić information content (AvgIpc) is 2.66. The van der Waals surface area contributed by atoms with E-state index in [2.05, 4.69) is 10.6 Å². The summed E-state index contributed by atoms with van der Waals surface area (Å²) in [5.41, 5.74) is 0.886. The van der Waals surface area contributed by atoms with Crippen molar-refractivity contribution in [3.8, 4) is 0 Å². The van der Waals surface area contributed by atoms with Crippen LogP contribution in [0.3, 0.4) is 0 Å². The number of carbonyl (C=O) groups is 2. The third kappa shape index (κ3) is 6.78. The molecular formula is C20H20Cl3FN2O2S. The molecule has 2 N–H and O–H groups in total. The summed E-state index contributed by atoms with van der Waals surface area (Å²) in [7, 11) is 0. The van der Waals surface area contributed by atoms with Crippen molar-refractivity contribution in [1.82, 2.24) is 10.6 Å². The maximum Gasteiger partial charge on any atom is 0.253 e. The van der Waals surface area contributed by atoms with Gasteiger partial charge < -0.3 is 10.6 Å². The minimum atomic E-state index is -0.764. The molecule has 0 bridgehead atoms. The quantitative estimate of drug-likeness (QED) is 0.527. The topological polar surface area (TPSA) is 58.2 Å². The SMILES string of the molecule is CSCCC(NC(=O)c1ccc(Cl)cc1Cl)C(=O)NC(C)c1ccc(F)c(Cl)c1. The number of hydrogen-bond acceptors (Lipinski definition) is 3. The fraction of sp³-hybridized carbons (Fsp3) is 0.300. The maximum absolute atomic E-state index is 13.4. The zero-order chi connectivity index (χ0) is 21.6. The Balaban J connectivity index is 2.12. The van der Waals surface area contributed by atoms with Crippen LogP contribution in [-0.4, -0.2) is 29.9 Å². The molecule has 0 saturated heterocycles. The Hall–Kier alpha value is -1.47. The molecule has 2 atom stereocenters. The Morgan fingerprint density at radius 3 is 2.41 bits per heavy atom. The van der Waals surface area contributed by atoms with Gasteiger partial charge in [0.15, 0.2) is 0 Å². The van der Waals surface area contributed by atoms with Crippen LogP contribution in [0.5, 0.6) is 0 Å². The van der Waals surface area contributed by atoms with Crippen molar-refractivity contribution in [3.05, 3.63) is 68.4 Å². The van der Waals surface area contributed by atoms with Gasteiger partial charge in [-0.3, -0.25) is 9.59 Å². The molecule has 0 fully saturated rings. The van der Waals surface area contributed by atoms with Crippen LogP contribution in [0.15, 0.2) is 36.4 Å². The number of nitrogens with one attached hydrogen (secondary N) is 2. The standard InChI is InChI=1S/C20H20Cl3FN2O2S/c1-11(12-3-6-17(24)16(23)9-12)25-20(28)18(7-8-29-2)26-19(27)14-5-4-13(21)10-15(14)22/h3-6,9-11,18H,7-8H2,1-2H3,(H,25,28)(H,26,27). The number of amides is 2. The normalized spacial score (nSPS) is 12.9. The predicted octanol–water partition coefficient (Wildman–Crippen LogP) is 5.51. The molecule has 0 aliphatic rings. The van der Waals surface area contributed by atoms with Crippen LogP contribution in [0, 0.1) is 5.82 Å². The summed E-state index contributed by atoms with van der Waals surface area (Å²) in [6.07, 6.45) is 2.34. The summed E-state index contributed by atoms with van der Waals surface area (Å²) in [6, 6.07) is 7.60. The summed E-state index contributed by atoms with van der Waals surface area (Å²) < 4.78 is 13.4. The van der Waals surface area contributed by atoms with E-state index in [1.54, 1.807) is 30.8 Å². The number of thioether (sulfide) groups is 1. The number of rotatable bonds is 8. The van der Waals surface area contributed by atoms with Crippen molar-refractivity contribution in [2.24, 2.45) is 0 Å². The first kappa shape index (κ1) is 23.8. The number of hydrogen-bond donors (Lipinski definition) is 2. The summed E-state index contributed by atoms with van der Waals surface area (Å²) in [4.78, 5) is 25.4. The van der Waals surface area contributed by atoms with Gasteiger partial charge in [-0.05, 0) is 61.2 Å². The first-order chi connectivity index (χ1) is 13.7. The van der Waals surface area contributed by atoms with Gasteiger partial charge >= 0.3 is 0 Å². The molecule has 2 amide bonds. The molecule has 9 heteroatoms. The highest BCUT2D eigenvalue weighted by molar-refractivity contribution is 7.98. The first-order valence-corrected chi connectivity index (χ1v) is 11.3. The Kier molecular flexibility index (Phi) is 9.08. The van der Waals surface area contributed by atoms with E-state index in [1.165, 1.54) is 24.3 Å². The van der Waals surface area contributed by atoms with Gasteiger partial charge in [0.2, 0.25) is 5.91 Å². The summed E-state index contributed by atoms with van der Waals surface area (Å²) >= 11 is 19.3. The fourth-order valence-electron chi connectivity index (χ4n) is 2.59. The highest BCUT2D eigenvalue weighted by atomic mass is 35.5. The van der Waals surface area contributed by atoms with E-state index in [0.717, 1.165) is 0 Å². The van der Waals surface area contributed by atoms with Crippen LogP contribution >= 0.6 is 46.6 Å². The van der Waals surface area contributed by atoms with Gasteiger partial charge in [-0.2, -0.15) is 11.8 Å². The molecule has 0 aromatic heterocycles. The highest BCUT2D eigenvalue weighted by Crippen LogP contribution is 2.22. The minimum Gasteiger partial charge on any atom is -0.348 e. The zero-order valence-corrected chi connectivity index (χ0v) is 18.9. The van der Waals surface area contributed by atoms with E-state index in [-0.39, 0.29) is 21.5 Å². The fourth-order valence-corrected chi connectivity index (χ4v) is 3.75. The molecule has 0 spiro atoms. The molecule has 2 aromatic rings. The molecule has 0 aliphatic carbocycles. The number of carbonyl (C=O) groups excluding carboxylic acids is 2. The van der Waals surface area contributed by atoms with Crippen molar-refractivity contribution < 1.29 is 14.0 Å². The predicted molar refractivity (Wildman–Crippen MR) is 119 cm³/mol. The molecule has 0 radical (unpaired) electrons. The van der Waals surface area contributed by atoms with Gasteiger partial charge in [-0.15, -0.1) is 0 Å². The summed E-state index contributed by atoms with van der Waals surface area (Å²) in [5.74, 6) is -0.682. The lowest BCUT2D eigenvalue weighted by Crippen LogP contribution is -2.47. The van der Waals surface area contributed by atoms with Crippen molar-refractivity contribution in [1.29, 1.82) is 0 Å². The second kappa shape index (κ2) is 11.1. The van der Waals surface area contributed by atoms with Crippen LogP contribution in [0.1, 0.15) is 35.3 Å². The van der Waals surface area contributed by atoms with E-state index < -0.39 is 23.8 Å². The van der Waals surface area contributed by atoms with Gasteiger partial charge in [-0.25, -0.2) is 4.39 Å². The zero-order valence-electron chi connectivity index (χ0n) is 15.8. The van der Waals surface area contributed by atoms with Crippen LogP contribution < -0.4 is 10.6 Å². The van der Waals surface area contributed by atoms with Gasteiger partial charge in [0.05, 0.1) is 21.7 Å². The molecule has 4 nitrogen and oxygen atoms in total. The third-order valence-corrected chi connectivity index (χ3v) is 5.69. The summed E-state index contributed by atoms with van der Waals surface area (Å²) in [5, 5.41) is 6.16. The van der Waals surface area contributed by atoms with Crippen LogP contribution in [-0.2, 0) is 4.79 Å². The van der Waals surface area contributed by atoms with Gasteiger partial charge in [0.1, 0.15) is 11.9 Å². The Morgan fingerprint density at radius 1 is 1.07 bits per heavy atom. The minimum absolute atomic E-state index is 0.0202. The van der Waals surface area contributed by atoms with Crippen molar-refractivity contribution in [2.75, 3.05) is 12.0 Å². The molecule has 0 aliphatic heterocycles. The van der Waals surface area contributed by atoms with Crippen molar-refractivity contribution in [2.45, 2.75) is 25.4 Å². The molecule has 2 rings (SSSR count). The number of benzene rings is 2. The monoisotopic (exact) mass is 476 g/mol. The van der Waals surface area contributed by atoms with E-state index >= 15 is 0 Å². The number of halogens is 4. The molecule has 156 valence electrons. The lowest BCUT2D eigenvalue weighted by molar-refractivity contribution is -0.123. The summed E-state index contributed by atoms with van der Waals surface area (Å²) in [6.45, 7) is 1.75. The molecule has 2 aromatic carbocycles. The lowest BCUT2D eigenvalue weighted by Gasteiger charge is -2.22. The van der Waals surface area contributed by atoms with E-state index in [1.807, 2.05) is 6.26 Å². The lowest BCUT2D eigenvalue weighted by atomic mass is 10.1. The second-order valence-electron chi connectivity index (χ2n) is 6.34. The Labute approximate surface area is 188 Å². The van der Waals surface area contributed by atoms with Crippen molar-refractivity contribution in [3.63, 3.8) is 0 Å². The maximum atomic E-state index is 13.4. The molecule has 29 heavy (non-hydrogen) atoms.